The Labute approximate surface area is 127 Å². The van der Waals surface area contributed by atoms with Crippen LogP contribution in [0.3, 0.4) is 0 Å². The summed E-state index contributed by atoms with van der Waals surface area (Å²) >= 11 is 3.53. The minimum atomic E-state index is 0.469. The van der Waals surface area contributed by atoms with Crippen molar-refractivity contribution >= 4 is 21.6 Å². The van der Waals surface area contributed by atoms with Crippen LogP contribution in [0.2, 0.25) is 0 Å². The molecule has 0 saturated heterocycles. The van der Waals surface area contributed by atoms with E-state index >= 15 is 0 Å². The van der Waals surface area contributed by atoms with Crippen LogP contribution in [0, 0.1) is 11.3 Å². The number of nitriles is 1. The standard InChI is InChI=1S/C17H15BrN2/c18-15-5-3-14-10-17(8-4-13(14)9-15)20-16-6-1-12(11-19)2-7-16/h1-3,5-7,9,17,20H,4,8,10H2. The van der Waals surface area contributed by atoms with E-state index in [2.05, 4.69) is 45.5 Å². The third kappa shape index (κ3) is 2.86. The number of rotatable bonds is 2. The average molecular weight is 327 g/mol. The molecule has 0 saturated carbocycles. The first kappa shape index (κ1) is 13.2. The first-order valence-corrected chi connectivity index (χ1v) is 7.58. The number of aryl methyl sites for hydroxylation is 1. The van der Waals surface area contributed by atoms with Gasteiger partial charge >= 0.3 is 0 Å². The van der Waals surface area contributed by atoms with Crippen molar-refractivity contribution in [2.45, 2.75) is 25.3 Å². The normalized spacial score (nSPS) is 17.1. The van der Waals surface area contributed by atoms with Gasteiger partial charge in [-0.3, -0.25) is 0 Å². The molecule has 0 radical (unpaired) electrons. The van der Waals surface area contributed by atoms with Crippen molar-refractivity contribution in [2.24, 2.45) is 0 Å². The Hall–Kier alpha value is -1.79. The van der Waals surface area contributed by atoms with Crippen molar-refractivity contribution < 1.29 is 0 Å². The molecule has 0 aromatic heterocycles. The van der Waals surface area contributed by atoms with Crippen molar-refractivity contribution in [1.29, 1.82) is 5.26 Å². The van der Waals surface area contributed by atoms with Gasteiger partial charge in [-0.25, -0.2) is 0 Å². The Balaban J connectivity index is 1.71. The number of fused-ring (bicyclic) bond motifs is 1. The fourth-order valence-corrected chi connectivity index (χ4v) is 3.13. The number of benzene rings is 2. The van der Waals surface area contributed by atoms with Crippen LogP contribution in [-0.4, -0.2) is 6.04 Å². The summed E-state index contributed by atoms with van der Waals surface area (Å²) in [5.41, 5.74) is 4.69. The highest BCUT2D eigenvalue weighted by atomic mass is 79.9. The molecule has 1 aliphatic rings. The van der Waals surface area contributed by atoms with Gasteiger partial charge in [-0.15, -0.1) is 0 Å². The molecule has 3 heteroatoms. The first-order valence-electron chi connectivity index (χ1n) is 6.78. The number of anilines is 1. The largest absolute Gasteiger partial charge is 0.382 e. The molecule has 1 aliphatic carbocycles. The Morgan fingerprint density at radius 3 is 2.65 bits per heavy atom. The molecule has 0 bridgehead atoms. The zero-order valence-electron chi connectivity index (χ0n) is 11.1. The SMILES string of the molecule is N#Cc1ccc(NC2CCc3cc(Br)ccc3C2)cc1. The molecule has 0 aliphatic heterocycles. The predicted octanol–water partition coefficient (Wildman–Crippen LogP) is 4.29. The van der Waals surface area contributed by atoms with Gasteiger partial charge < -0.3 is 5.32 Å². The van der Waals surface area contributed by atoms with E-state index in [0.717, 1.165) is 29.4 Å². The molecule has 1 N–H and O–H groups in total. The second kappa shape index (κ2) is 5.68. The van der Waals surface area contributed by atoms with Crippen LogP contribution in [0.1, 0.15) is 23.1 Å². The van der Waals surface area contributed by atoms with E-state index in [4.69, 9.17) is 5.26 Å². The molecular weight excluding hydrogens is 312 g/mol. The number of halogens is 1. The Morgan fingerprint density at radius 2 is 1.90 bits per heavy atom. The topological polar surface area (TPSA) is 35.8 Å². The summed E-state index contributed by atoms with van der Waals surface area (Å²) in [6, 6.07) is 16.8. The van der Waals surface area contributed by atoms with E-state index < -0.39 is 0 Å². The van der Waals surface area contributed by atoms with Gasteiger partial charge in [0.15, 0.2) is 0 Å². The number of nitrogens with one attached hydrogen (secondary N) is 1. The van der Waals surface area contributed by atoms with Gasteiger partial charge in [-0.2, -0.15) is 5.26 Å². The lowest BCUT2D eigenvalue weighted by Crippen LogP contribution is -2.27. The van der Waals surface area contributed by atoms with E-state index in [1.807, 2.05) is 24.3 Å². The molecule has 0 fully saturated rings. The van der Waals surface area contributed by atoms with E-state index in [1.54, 1.807) is 0 Å². The van der Waals surface area contributed by atoms with E-state index in [-0.39, 0.29) is 0 Å². The summed E-state index contributed by atoms with van der Waals surface area (Å²) in [6.07, 6.45) is 3.31. The number of hydrogen-bond donors (Lipinski definition) is 1. The van der Waals surface area contributed by atoms with Gasteiger partial charge in [0.1, 0.15) is 0 Å². The second-order valence-corrected chi connectivity index (χ2v) is 6.10. The minimum Gasteiger partial charge on any atom is -0.382 e. The summed E-state index contributed by atoms with van der Waals surface area (Å²) < 4.78 is 1.16. The van der Waals surface area contributed by atoms with Crippen LogP contribution in [0.5, 0.6) is 0 Å². The van der Waals surface area contributed by atoms with Crippen LogP contribution in [0.4, 0.5) is 5.69 Å². The van der Waals surface area contributed by atoms with Crippen LogP contribution in [0.15, 0.2) is 46.9 Å². The van der Waals surface area contributed by atoms with E-state index in [0.29, 0.717) is 11.6 Å². The highest BCUT2D eigenvalue weighted by molar-refractivity contribution is 9.10. The number of nitrogens with zero attached hydrogens (tertiary/aromatic N) is 1. The average Bonchev–Trinajstić information content (AvgIpc) is 2.48. The third-order valence-electron chi connectivity index (χ3n) is 3.78. The van der Waals surface area contributed by atoms with Gasteiger partial charge in [0, 0.05) is 16.2 Å². The molecule has 2 aromatic rings. The third-order valence-corrected chi connectivity index (χ3v) is 4.27. The summed E-state index contributed by atoms with van der Waals surface area (Å²) in [7, 11) is 0. The van der Waals surface area contributed by atoms with Gasteiger partial charge in [0.2, 0.25) is 0 Å². The van der Waals surface area contributed by atoms with Crippen molar-refractivity contribution in [1.82, 2.24) is 0 Å². The highest BCUT2D eigenvalue weighted by Crippen LogP contribution is 2.26. The van der Waals surface area contributed by atoms with Crippen molar-refractivity contribution in [2.75, 3.05) is 5.32 Å². The summed E-state index contributed by atoms with van der Waals surface area (Å²) in [6.45, 7) is 0. The Morgan fingerprint density at radius 1 is 1.10 bits per heavy atom. The monoisotopic (exact) mass is 326 g/mol. The highest BCUT2D eigenvalue weighted by Gasteiger charge is 2.18. The predicted molar refractivity (Wildman–Crippen MR) is 84.7 cm³/mol. The molecular formula is C17H15BrN2. The molecule has 20 heavy (non-hydrogen) atoms. The molecule has 0 spiro atoms. The quantitative estimate of drug-likeness (QED) is 0.893. The lowest BCUT2D eigenvalue weighted by molar-refractivity contribution is 0.610. The molecule has 2 nitrogen and oxygen atoms in total. The summed E-state index contributed by atoms with van der Waals surface area (Å²) in [5.74, 6) is 0. The van der Waals surface area contributed by atoms with E-state index in [1.165, 1.54) is 11.1 Å². The van der Waals surface area contributed by atoms with Crippen molar-refractivity contribution in [3.63, 3.8) is 0 Å². The molecule has 2 aromatic carbocycles. The Bertz CT molecular complexity index is 656. The minimum absolute atomic E-state index is 0.469. The van der Waals surface area contributed by atoms with Gasteiger partial charge in [0.25, 0.3) is 0 Å². The molecule has 1 atom stereocenters. The first-order chi connectivity index (χ1) is 9.74. The smallest absolute Gasteiger partial charge is 0.0991 e. The van der Waals surface area contributed by atoms with E-state index in [9.17, 15) is 0 Å². The van der Waals surface area contributed by atoms with Gasteiger partial charge in [-0.05, 0) is 66.8 Å². The van der Waals surface area contributed by atoms with Crippen molar-refractivity contribution in [3.05, 3.63) is 63.6 Å². The molecule has 100 valence electrons. The maximum Gasteiger partial charge on any atom is 0.0991 e. The maximum atomic E-state index is 8.81. The van der Waals surface area contributed by atoms with Gasteiger partial charge in [-0.1, -0.05) is 22.0 Å². The zero-order valence-corrected chi connectivity index (χ0v) is 12.7. The maximum absolute atomic E-state index is 8.81. The lowest BCUT2D eigenvalue weighted by Gasteiger charge is -2.26. The lowest BCUT2D eigenvalue weighted by atomic mass is 9.88. The number of hydrogen-bond acceptors (Lipinski definition) is 2. The van der Waals surface area contributed by atoms with Crippen LogP contribution in [0.25, 0.3) is 0 Å². The molecule has 0 heterocycles. The van der Waals surface area contributed by atoms with Crippen LogP contribution >= 0.6 is 15.9 Å². The molecule has 3 rings (SSSR count). The summed E-state index contributed by atoms with van der Waals surface area (Å²) in [5, 5.41) is 12.4. The van der Waals surface area contributed by atoms with Gasteiger partial charge in [0.05, 0.1) is 11.6 Å². The second-order valence-electron chi connectivity index (χ2n) is 5.19. The summed E-state index contributed by atoms with van der Waals surface area (Å²) in [4.78, 5) is 0. The molecule has 1 unspecified atom stereocenters. The zero-order chi connectivity index (χ0) is 13.9. The fourth-order valence-electron chi connectivity index (χ4n) is 2.72. The van der Waals surface area contributed by atoms with Crippen LogP contribution < -0.4 is 5.32 Å². The Kier molecular flexibility index (Phi) is 3.75. The fraction of sp³-hybridized carbons (Fsp3) is 0.235. The molecule has 0 amide bonds. The van der Waals surface area contributed by atoms with Crippen LogP contribution in [-0.2, 0) is 12.8 Å². The van der Waals surface area contributed by atoms with Crippen molar-refractivity contribution in [3.8, 4) is 6.07 Å².